The normalized spacial score (nSPS) is 41.1. The topological polar surface area (TPSA) is 20.3 Å². The zero-order valence-corrected chi connectivity index (χ0v) is 11.2. The molecular formula is C15H25NO. The van der Waals surface area contributed by atoms with Crippen molar-refractivity contribution in [2.24, 2.45) is 23.2 Å². The van der Waals surface area contributed by atoms with Crippen LogP contribution in [0.25, 0.3) is 0 Å². The molecule has 2 bridgehead atoms. The van der Waals surface area contributed by atoms with Crippen LogP contribution in [0.15, 0.2) is 0 Å². The third-order valence-corrected chi connectivity index (χ3v) is 5.84. The number of likely N-dealkylation sites (tertiary alicyclic amines) is 1. The first kappa shape index (κ1) is 11.7. The van der Waals surface area contributed by atoms with Crippen molar-refractivity contribution in [3.8, 4) is 0 Å². The first-order valence-corrected chi connectivity index (χ1v) is 7.30. The lowest BCUT2D eigenvalue weighted by molar-refractivity contribution is -0.122. The highest BCUT2D eigenvalue weighted by Crippen LogP contribution is 2.60. The van der Waals surface area contributed by atoms with Crippen molar-refractivity contribution in [1.29, 1.82) is 0 Å². The molecule has 0 aromatic carbocycles. The molecule has 3 atom stereocenters. The van der Waals surface area contributed by atoms with Crippen LogP contribution < -0.4 is 0 Å². The molecule has 0 N–H and O–H groups in total. The van der Waals surface area contributed by atoms with Crippen molar-refractivity contribution in [2.45, 2.75) is 46.0 Å². The third-order valence-electron chi connectivity index (χ3n) is 5.84. The van der Waals surface area contributed by atoms with Crippen molar-refractivity contribution in [3.63, 3.8) is 0 Å². The summed E-state index contributed by atoms with van der Waals surface area (Å²) in [6.45, 7) is 8.22. The van der Waals surface area contributed by atoms with Crippen molar-refractivity contribution in [3.05, 3.63) is 0 Å². The minimum atomic E-state index is 0.467. The number of carbonyl (C=O) groups is 1. The smallest absolute Gasteiger partial charge is 0.135 e. The highest BCUT2D eigenvalue weighted by atomic mass is 16.1. The zero-order chi connectivity index (χ0) is 12.0. The van der Waals surface area contributed by atoms with Gasteiger partial charge in [-0.05, 0) is 42.4 Å². The molecule has 0 aromatic heterocycles. The fraction of sp³-hybridized carbons (Fsp3) is 0.933. The molecule has 0 aromatic rings. The number of rotatable bonds is 2. The third kappa shape index (κ3) is 2.05. The summed E-state index contributed by atoms with van der Waals surface area (Å²) in [5.41, 5.74) is 0.633. The van der Waals surface area contributed by atoms with Gasteiger partial charge in [-0.2, -0.15) is 0 Å². The van der Waals surface area contributed by atoms with E-state index in [1.54, 1.807) is 0 Å². The van der Waals surface area contributed by atoms with E-state index in [0.29, 0.717) is 11.2 Å². The minimum Gasteiger partial charge on any atom is -0.302 e. The summed E-state index contributed by atoms with van der Waals surface area (Å²) in [6, 6.07) is 0. The van der Waals surface area contributed by atoms with Gasteiger partial charge in [0.1, 0.15) is 5.78 Å². The zero-order valence-electron chi connectivity index (χ0n) is 11.2. The van der Waals surface area contributed by atoms with Gasteiger partial charge in [0, 0.05) is 32.5 Å². The first-order chi connectivity index (χ1) is 8.05. The maximum Gasteiger partial charge on any atom is 0.135 e. The summed E-state index contributed by atoms with van der Waals surface area (Å²) in [7, 11) is 0. The Bertz CT molecular complexity index is 299. The number of carbonyl (C=O) groups excluding carboxylic acids is 1. The maximum atomic E-state index is 11.2. The Morgan fingerprint density at radius 1 is 1.12 bits per heavy atom. The maximum absolute atomic E-state index is 11.2. The molecule has 3 aliphatic carbocycles. The number of hydrogen-bond donors (Lipinski definition) is 0. The number of fused-ring (bicyclic) bond motifs is 2. The molecular weight excluding hydrogens is 210 g/mol. The predicted molar refractivity (Wildman–Crippen MR) is 68.8 cm³/mol. The minimum absolute atomic E-state index is 0.467. The van der Waals surface area contributed by atoms with Crippen LogP contribution in [0.3, 0.4) is 0 Å². The lowest BCUT2D eigenvalue weighted by atomic mass is 9.47. The lowest BCUT2D eigenvalue weighted by Gasteiger charge is -2.59. The van der Waals surface area contributed by atoms with Crippen molar-refractivity contribution >= 4 is 5.78 Å². The quantitative estimate of drug-likeness (QED) is 0.733. The summed E-state index contributed by atoms with van der Waals surface area (Å²) in [6.07, 6.45) is 5.96. The molecule has 4 fully saturated rings. The molecule has 17 heavy (non-hydrogen) atoms. The molecule has 0 amide bonds. The number of ketones is 1. The molecule has 1 unspecified atom stereocenters. The van der Waals surface area contributed by atoms with E-state index in [4.69, 9.17) is 0 Å². The molecule has 4 rings (SSSR count). The Labute approximate surface area is 105 Å². The van der Waals surface area contributed by atoms with Gasteiger partial charge in [-0.15, -0.1) is 0 Å². The van der Waals surface area contributed by atoms with E-state index in [1.165, 1.54) is 25.8 Å². The summed E-state index contributed by atoms with van der Waals surface area (Å²) >= 11 is 0. The number of nitrogens with zero attached hydrogens (tertiary/aromatic N) is 1. The van der Waals surface area contributed by atoms with Crippen LogP contribution in [0.5, 0.6) is 0 Å². The van der Waals surface area contributed by atoms with E-state index in [9.17, 15) is 4.79 Å². The summed E-state index contributed by atoms with van der Waals surface area (Å²) in [5.74, 6) is 3.35. The van der Waals surface area contributed by atoms with Crippen molar-refractivity contribution in [2.75, 3.05) is 19.6 Å². The molecule has 3 saturated carbocycles. The second-order valence-corrected chi connectivity index (χ2v) is 7.13. The Kier molecular flexibility index (Phi) is 2.81. The van der Waals surface area contributed by atoms with Gasteiger partial charge < -0.3 is 4.90 Å². The van der Waals surface area contributed by atoms with Gasteiger partial charge in [-0.1, -0.05) is 13.8 Å². The van der Waals surface area contributed by atoms with Crippen LogP contribution in [-0.4, -0.2) is 30.3 Å². The van der Waals surface area contributed by atoms with Crippen LogP contribution in [0.1, 0.15) is 46.0 Å². The second-order valence-electron chi connectivity index (χ2n) is 7.13. The van der Waals surface area contributed by atoms with Gasteiger partial charge in [-0.25, -0.2) is 0 Å². The van der Waals surface area contributed by atoms with Gasteiger partial charge in [0.05, 0.1) is 0 Å². The van der Waals surface area contributed by atoms with E-state index in [-0.39, 0.29) is 0 Å². The highest BCUT2D eigenvalue weighted by molar-refractivity contribution is 5.79. The van der Waals surface area contributed by atoms with Crippen molar-refractivity contribution in [1.82, 2.24) is 4.90 Å². The Balaban J connectivity index is 1.50. The van der Waals surface area contributed by atoms with E-state index < -0.39 is 0 Å². The van der Waals surface area contributed by atoms with Gasteiger partial charge in [0.2, 0.25) is 0 Å². The molecule has 1 heterocycles. The largest absolute Gasteiger partial charge is 0.302 e. The molecule has 96 valence electrons. The van der Waals surface area contributed by atoms with E-state index >= 15 is 0 Å². The first-order valence-electron chi connectivity index (χ1n) is 7.30. The highest BCUT2D eigenvalue weighted by Gasteiger charge is 2.52. The van der Waals surface area contributed by atoms with Crippen molar-refractivity contribution < 1.29 is 4.79 Å². The van der Waals surface area contributed by atoms with Gasteiger partial charge in [0.15, 0.2) is 0 Å². The fourth-order valence-electron chi connectivity index (χ4n) is 4.32. The molecule has 1 saturated heterocycles. The van der Waals surface area contributed by atoms with E-state index in [2.05, 4.69) is 18.7 Å². The Hall–Kier alpha value is -0.370. The molecule has 0 radical (unpaired) electrons. The standard InChI is InChI=1S/C15H25NO/c1-15(2)12-7-11(8-13(15)9-12)10-16-5-3-14(17)4-6-16/h11-13H,3-10H2,1-2H3/t11?,12-,13+. The average molecular weight is 235 g/mol. The van der Waals surface area contributed by atoms with Crippen LogP contribution in [0.4, 0.5) is 0 Å². The fourth-order valence-corrected chi connectivity index (χ4v) is 4.32. The SMILES string of the molecule is CC1(C)[C@@H]2CC(CN3CCC(=O)CC3)C[C@H]1C2. The number of Topliss-reactive ketones (excluding diaryl/α,β-unsaturated/α-hetero) is 1. The second kappa shape index (κ2) is 4.08. The monoisotopic (exact) mass is 235 g/mol. The van der Waals surface area contributed by atoms with Crippen LogP contribution in [0, 0.1) is 23.2 Å². The number of piperidine rings is 1. The van der Waals surface area contributed by atoms with Crippen LogP contribution in [0.2, 0.25) is 0 Å². The molecule has 0 spiro atoms. The van der Waals surface area contributed by atoms with Gasteiger partial charge in [0.25, 0.3) is 0 Å². The summed E-state index contributed by atoms with van der Waals surface area (Å²) in [4.78, 5) is 13.7. The molecule has 1 aliphatic heterocycles. The molecule has 2 nitrogen and oxygen atoms in total. The summed E-state index contributed by atoms with van der Waals surface area (Å²) < 4.78 is 0. The van der Waals surface area contributed by atoms with Crippen LogP contribution in [-0.2, 0) is 4.79 Å². The van der Waals surface area contributed by atoms with E-state index in [0.717, 1.165) is 43.7 Å². The summed E-state index contributed by atoms with van der Waals surface area (Å²) in [5, 5.41) is 0. The molecule has 2 heteroatoms. The average Bonchev–Trinajstić information content (AvgIpc) is 2.32. The van der Waals surface area contributed by atoms with Gasteiger partial charge in [-0.3, -0.25) is 4.79 Å². The Morgan fingerprint density at radius 2 is 1.71 bits per heavy atom. The molecule has 4 aliphatic rings. The number of hydrogen-bond acceptors (Lipinski definition) is 2. The van der Waals surface area contributed by atoms with Gasteiger partial charge >= 0.3 is 0 Å². The predicted octanol–water partition coefficient (Wildman–Crippen LogP) is 2.72. The van der Waals surface area contributed by atoms with E-state index in [1.807, 2.05) is 0 Å². The Morgan fingerprint density at radius 3 is 2.24 bits per heavy atom. The van der Waals surface area contributed by atoms with Crippen LogP contribution >= 0.6 is 0 Å². The lowest BCUT2D eigenvalue weighted by Crippen LogP contribution is -2.52.